The Morgan fingerprint density at radius 1 is 1.29 bits per heavy atom. The number of aliphatic hydroxyl groups is 1. The molecule has 0 heterocycles. The minimum Gasteiger partial charge on any atom is -0.469 e. The first-order valence-corrected chi connectivity index (χ1v) is 9.07. The van der Waals surface area contributed by atoms with Crippen molar-refractivity contribution in [2.24, 2.45) is 11.3 Å². The molecule has 0 saturated heterocycles. The summed E-state index contributed by atoms with van der Waals surface area (Å²) in [7, 11) is 1.51. The van der Waals surface area contributed by atoms with Crippen LogP contribution < -0.4 is 0 Å². The summed E-state index contributed by atoms with van der Waals surface area (Å²) in [6, 6.07) is 6.41. The summed E-state index contributed by atoms with van der Waals surface area (Å²) in [5.41, 5.74) is 2.46. The largest absolute Gasteiger partial charge is 0.469 e. The first-order valence-electron chi connectivity index (χ1n) is 9.07. The van der Waals surface area contributed by atoms with Crippen LogP contribution in [0.15, 0.2) is 18.2 Å². The highest BCUT2D eigenvalue weighted by molar-refractivity contribution is 5.77. The number of hydrogen-bond acceptors (Lipinski definition) is 3. The van der Waals surface area contributed by atoms with Crippen molar-refractivity contribution in [3.8, 4) is 0 Å². The lowest BCUT2D eigenvalue weighted by atomic mass is 9.49. The lowest BCUT2D eigenvalue weighted by Gasteiger charge is -2.54. The van der Waals surface area contributed by atoms with E-state index in [4.69, 9.17) is 4.74 Å². The van der Waals surface area contributed by atoms with Crippen LogP contribution in [0.3, 0.4) is 0 Å². The van der Waals surface area contributed by atoms with E-state index < -0.39 is 11.0 Å². The molecule has 0 aliphatic heterocycles. The first-order chi connectivity index (χ1) is 11.1. The van der Waals surface area contributed by atoms with E-state index in [1.165, 1.54) is 18.2 Å². The molecule has 132 valence electrons. The highest BCUT2D eigenvalue weighted by Crippen LogP contribution is 2.57. The van der Waals surface area contributed by atoms with Crippen LogP contribution in [0.5, 0.6) is 0 Å². The zero-order valence-electron chi connectivity index (χ0n) is 15.6. The van der Waals surface area contributed by atoms with Gasteiger partial charge in [-0.3, -0.25) is 4.79 Å². The number of carbonyl (C=O) groups is 1. The summed E-state index contributed by atoms with van der Waals surface area (Å²) in [5.74, 6) is 0.252. The summed E-state index contributed by atoms with van der Waals surface area (Å²) in [5, 5.41) is 10.3. The van der Waals surface area contributed by atoms with Crippen molar-refractivity contribution in [3.63, 3.8) is 0 Å². The van der Waals surface area contributed by atoms with Crippen LogP contribution in [0.2, 0.25) is 0 Å². The number of fused-ring (bicyclic) bond motifs is 3. The number of hydrogen-bond donors (Lipinski definition) is 1. The van der Waals surface area contributed by atoms with Crippen molar-refractivity contribution in [3.05, 3.63) is 34.9 Å². The molecular weight excluding hydrogens is 300 g/mol. The topological polar surface area (TPSA) is 46.5 Å². The molecule has 1 fully saturated rings. The van der Waals surface area contributed by atoms with Gasteiger partial charge in [-0.05, 0) is 74.5 Å². The van der Waals surface area contributed by atoms with Crippen molar-refractivity contribution in [1.82, 2.24) is 0 Å². The number of ether oxygens (including phenoxy) is 1. The molecule has 1 saturated carbocycles. The van der Waals surface area contributed by atoms with Crippen molar-refractivity contribution in [2.75, 3.05) is 7.11 Å². The van der Waals surface area contributed by atoms with Gasteiger partial charge in [-0.15, -0.1) is 0 Å². The van der Waals surface area contributed by atoms with Gasteiger partial charge >= 0.3 is 5.97 Å². The Balaban J connectivity index is 2.06. The van der Waals surface area contributed by atoms with Crippen LogP contribution in [0, 0.1) is 11.3 Å². The Labute approximate surface area is 145 Å². The molecule has 0 bridgehead atoms. The third-order valence-electron chi connectivity index (χ3n) is 6.71. The van der Waals surface area contributed by atoms with Crippen LogP contribution in [0.1, 0.15) is 70.1 Å². The fourth-order valence-corrected chi connectivity index (χ4v) is 5.35. The van der Waals surface area contributed by atoms with E-state index in [-0.39, 0.29) is 11.4 Å². The van der Waals surface area contributed by atoms with E-state index in [9.17, 15) is 9.90 Å². The van der Waals surface area contributed by atoms with Gasteiger partial charge in [0.1, 0.15) is 0 Å². The van der Waals surface area contributed by atoms with Gasteiger partial charge < -0.3 is 9.84 Å². The molecule has 3 atom stereocenters. The molecule has 0 spiro atoms. The van der Waals surface area contributed by atoms with Gasteiger partial charge in [0.2, 0.25) is 0 Å². The number of methoxy groups -OCH3 is 1. The van der Waals surface area contributed by atoms with Gasteiger partial charge in [0.15, 0.2) is 0 Å². The highest BCUT2D eigenvalue weighted by Gasteiger charge is 2.55. The maximum atomic E-state index is 12.5. The fraction of sp³-hybridized carbons (Fsp3) is 0.667. The smallest absolute Gasteiger partial charge is 0.311 e. The number of rotatable bonds is 2. The number of benzene rings is 1. The van der Waals surface area contributed by atoms with Gasteiger partial charge in [-0.2, -0.15) is 0 Å². The minimum absolute atomic E-state index is 0.00685. The van der Waals surface area contributed by atoms with Gasteiger partial charge in [-0.25, -0.2) is 0 Å². The zero-order valence-corrected chi connectivity index (χ0v) is 15.6. The minimum atomic E-state index is -0.820. The highest BCUT2D eigenvalue weighted by atomic mass is 16.5. The zero-order chi connectivity index (χ0) is 17.8. The number of esters is 1. The second-order valence-corrected chi connectivity index (χ2v) is 8.70. The van der Waals surface area contributed by atoms with Crippen molar-refractivity contribution in [2.45, 2.75) is 70.8 Å². The monoisotopic (exact) mass is 330 g/mol. The summed E-state index contributed by atoms with van der Waals surface area (Å²) < 4.78 is 5.17. The fourth-order valence-electron chi connectivity index (χ4n) is 5.35. The van der Waals surface area contributed by atoms with Gasteiger partial charge in [0, 0.05) is 0 Å². The van der Waals surface area contributed by atoms with Crippen LogP contribution in [0.4, 0.5) is 0 Å². The van der Waals surface area contributed by atoms with Crippen LogP contribution >= 0.6 is 0 Å². The molecule has 0 aromatic heterocycles. The molecule has 1 aromatic rings. The predicted molar refractivity (Wildman–Crippen MR) is 94.8 cm³/mol. The average Bonchev–Trinajstić information content (AvgIpc) is 2.52. The molecule has 24 heavy (non-hydrogen) atoms. The molecule has 0 radical (unpaired) electrons. The SMILES string of the molecule is COC(=O)[C@]1(C)CCC[C@]2(C)c3ccc(C(C)(C)O)cc3CC[C@@H]12. The predicted octanol–water partition coefficient (Wildman–Crippen LogP) is 4.10. The Kier molecular flexibility index (Phi) is 4.07. The van der Waals surface area contributed by atoms with Crippen molar-refractivity contribution >= 4 is 5.97 Å². The lowest BCUT2D eigenvalue weighted by Crippen LogP contribution is -2.52. The third kappa shape index (κ3) is 2.48. The standard InChI is InChI=1S/C21H30O3/c1-19(2,23)15-8-9-16-14(13-15)7-10-17-20(16,3)11-6-12-21(17,4)18(22)24-5/h8-9,13,17,23H,6-7,10-12H2,1-5H3/t17-,20-,21-/m1/s1. The summed E-state index contributed by atoms with van der Waals surface area (Å²) in [6.45, 7) is 8.07. The maximum Gasteiger partial charge on any atom is 0.311 e. The van der Waals surface area contributed by atoms with Crippen molar-refractivity contribution < 1.29 is 14.6 Å². The molecule has 0 amide bonds. The van der Waals surface area contributed by atoms with Crippen LogP contribution in [-0.4, -0.2) is 18.2 Å². The summed E-state index contributed by atoms with van der Waals surface area (Å²) in [4.78, 5) is 12.5. The molecule has 3 rings (SSSR count). The average molecular weight is 330 g/mol. The second-order valence-electron chi connectivity index (χ2n) is 8.70. The lowest BCUT2D eigenvalue weighted by molar-refractivity contribution is -0.161. The van der Waals surface area contributed by atoms with Crippen molar-refractivity contribution in [1.29, 1.82) is 0 Å². The number of carbonyl (C=O) groups excluding carboxylic acids is 1. The van der Waals surface area contributed by atoms with E-state index in [0.29, 0.717) is 5.92 Å². The molecule has 3 nitrogen and oxygen atoms in total. The first kappa shape index (κ1) is 17.5. The van der Waals surface area contributed by atoms with E-state index in [0.717, 1.165) is 37.7 Å². The third-order valence-corrected chi connectivity index (χ3v) is 6.71. The summed E-state index contributed by atoms with van der Waals surface area (Å²) in [6.07, 6.45) is 5.04. The van der Waals surface area contributed by atoms with E-state index in [1.807, 2.05) is 13.8 Å². The normalized spacial score (nSPS) is 32.7. The van der Waals surface area contributed by atoms with E-state index in [2.05, 4.69) is 32.0 Å². The maximum absolute atomic E-state index is 12.5. The van der Waals surface area contributed by atoms with Crippen LogP contribution in [-0.2, 0) is 27.0 Å². The Morgan fingerprint density at radius 2 is 2.00 bits per heavy atom. The molecule has 0 unspecified atom stereocenters. The molecular formula is C21H30O3. The van der Waals surface area contributed by atoms with Gasteiger partial charge in [-0.1, -0.05) is 31.5 Å². The van der Waals surface area contributed by atoms with E-state index in [1.54, 1.807) is 0 Å². The Hall–Kier alpha value is -1.35. The van der Waals surface area contributed by atoms with Crippen LogP contribution in [0.25, 0.3) is 0 Å². The Morgan fingerprint density at radius 3 is 2.62 bits per heavy atom. The molecule has 1 aromatic carbocycles. The molecule has 3 heteroatoms. The summed E-state index contributed by atoms with van der Waals surface area (Å²) >= 11 is 0. The second kappa shape index (κ2) is 5.59. The Bertz CT molecular complexity index is 658. The molecule has 1 N–H and O–H groups in total. The van der Waals surface area contributed by atoms with Gasteiger partial charge in [0.25, 0.3) is 0 Å². The quantitative estimate of drug-likeness (QED) is 0.831. The van der Waals surface area contributed by atoms with E-state index >= 15 is 0 Å². The van der Waals surface area contributed by atoms with Gasteiger partial charge in [0.05, 0.1) is 18.1 Å². The molecule has 2 aliphatic carbocycles. The molecule has 2 aliphatic rings. The number of aryl methyl sites for hydroxylation is 1.